The monoisotopic (exact) mass is 324 g/mol. The lowest BCUT2D eigenvalue weighted by Crippen LogP contribution is -2.10. The molecule has 1 heterocycles. The quantitative estimate of drug-likeness (QED) is 0.608. The molecule has 4 heteroatoms. The zero-order valence-electron chi connectivity index (χ0n) is 13.6. The van der Waals surface area contributed by atoms with Gasteiger partial charge < -0.3 is 4.42 Å². The molecule has 0 radical (unpaired) electrons. The van der Waals surface area contributed by atoms with Gasteiger partial charge in [-0.2, -0.15) is 0 Å². The molecule has 3 aromatic rings. The molecule has 0 saturated carbocycles. The second-order valence-electron chi connectivity index (χ2n) is 6.43. The standard InChI is InChI=1S/C19H20N2OS/c1-19(2,3)15-11-9-14(10-12-15)18-21-20-17(22-18)13-23-16-7-5-4-6-8-16/h4-12H,13H2,1-3H3. The summed E-state index contributed by atoms with van der Waals surface area (Å²) in [6.07, 6.45) is 0. The van der Waals surface area contributed by atoms with Gasteiger partial charge in [-0.15, -0.1) is 22.0 Å². The molecule has 2 aromatic carbocycles. The molecule has 0 fully saturated rings. The third kappa shape index (κ3) is 4.02. The van der Waals surface area contributed by atoms with Crippen LogP contribution < -0.4 is 0 Å². The first-order valence-corrected chi connectivity index (χ1v) is 8.62. The van der Waals surface area contributed by atoms with Gasteiger partial charge in [-0.25, -0.2) is 0 Å². The number of thioether (sulfide) groups is 1. The normalized spacial score (nSPS) is 11.6. The van der Waals surface area contributed by atoms with Crippen molar-refractivity contribution >= 4 is 11.8 Å². The van der Waals surface area contributed by atoms with E-state index in [9.17, 15) is 0 Å². The van der Waals surface area contributed by atoms with Crippen LogP contribution in [0.3, 0.4) is 0 Å². The first kappa shape index (κ1) is 15.8. The molecular formula is C19H20N2OS. The molecule has 0 N–H and O–H groups in total. The smallest absolute Gasteiger partial charge is 0.247 e. The fourth-order valence-corrected chi connectivity index (χ4v) is 2.96. The number of aromatic nitrogens is 2. The average Bonchev–Trinajstić information content (AvgIpc) is 3.02. The molecule has 1 aromatic heterocycles. The van der Waals surface area contributed by atoms with Crippen molar-refractivity contribution < 1.29 is 4.42 Å². The Labute approximate surface area is 141 Å². The highest BCUT2D eigenvalue weighted by atomic mass is 32.2. The van der Waals surface area contributed by atoms with E-state index in [0.717, 1.165) is 5.56 Å². The van der Waals surface area contributed by atoms with Gasteiger partial charge >= 0.3 is 0 Å². The number of hydrogen-bond acceptors (Lipinski definition) is 4. The fraction of sp³-hybridized carbons (Fsp3) is 0.263. The van der Waals surface area contributed by atoms with Crippen LogP contribution >= 0.6 is 11.8 Å². The Hall–Kier alpha value is -2.07. The van der Waals surface area contributed by atoms with Gasteiger partial charge in [0.25, 0.3) is 0 Å². The van der Waals surface area contributed by atoms with E-state index in [1.165, 1.54) is 10.5 Å². The topological polar surface area (TPSA) is 38.9 Å². The van der Waals surface area contributed by atoms with Crippen molar-refractivity contribution in [3.8, 4) is 11.5 Å². The highest BCUT2D eigenvalue weighted by Gasteiger charge is 2.14. The van der Waals surface area contributed by atoms with Gasteiger partial charge in [0, 0.05) is 10.5 Å². The highest BCUT2D eigenvalue weighted by Crippen LogP contribution is 2.27. The predicted molar refractivity (Wildman–Crippen MR) is 94.4 cm³/mol. The van der Waals surface area contributed by atoms with Gasteiger partial charge in [0.05, 0.1) is 5.75 Å². The molecule has 0 bridgehead atoms. The first-order chi connectivity index (χ1) is 11.0. The van der Waals surface area contributed by atoms with Crippen LogP contribution in [0.4, 0.5) is 0 Å². The molecule has 0 spiro atoms. The summed E-state index contributed by atoms with van der Waals surface area (Å²) >= 11 is 1.69. The van der Waals surface area contributed by atoms with Crippen LogP contribution in [-0.4, -0.2) is 10.2 Å². The molecule has 0 aliphatic heterocycles. The fourth-order valence-electron chi connectivity index (χ4n) is 2.20. The lowest BCUT2D eigenvalue weighted by Gasteiger charge is -2.18. The minimum atomic E-state index is 0.144. The summed E-state index contributed by atoms with van der Waals surface area (Å²) in [6.45, 7) is 6.61. The van der Waals surface area contributed by atoms with Crippen molar-refractivity contribution in [2.75, 3.05) is 0 Å². The summed E-state index contributed by atoms with van der Waals surface area (Å²) < 4.78 is 5.77. The lowest BCUT2D eigenvalue weighted by atomic mass is 9.87. The van der Waals surface area contributed by atoms with E-state index in [0.29, 0.717) is 17.5 Å². The molecule has 0 saturated heterocycles. The summed E-state index contributed by atoms with van der Waals surface area (Å²) in [5.41, 5.74) is 2.40. The molecule has 23 heavy (non-hydrogen) atoms. The van der Waals surface area contributed by atoms with Gasteiger partial charge in [0.2, 0.25) is 11.8 Å². The molecule has 0 amide bonds. The van der Waals surface area contributed by atoms with Crippen LogP contribution in [0.25, 0.3) is 11.5 Å². The van der Waals surface area contributed by atoms with E-state index in [4.69, 9.17) is 4.42 Å². The molecule has 0 aliphatic rings. The van der Waals surface area contributed by atoms with Crippen LogP contribution in [0.2, 0.25) is 0 Å². The third-order valence-corrected chi connectivity index (χ3v) is 4.57. The summed E-state index contributed by atoms with van der Waals surface area (Å²) in [5, 5.41) is 8.30. The molecule has 0 aliphatic carbocycles. The van der Waals surface area contributed by atoms with Gasteiger partial charge in [0.1, 0.15) is 0 Å². The van der Waals surface area contributed by atoms with E-state index in [1.54, 1.807) is 11.8 Å². The second kappa shape index (κ2) is 6.59. The predicted octanol–water partition coefficient (Wildman–Crippen LogP) is 5.33. The Balaban J connectivity index is 1.69. The minimum Gasteiger partial charge on any atom is -0.420 e. The summed E-state index contributed by atoms with van der Waals surface area (Å²) in [4.78, 5) is 1.20. The maximum Gasteiger partial charge on any atom is 0.247 e. The molecule has 0 atom stereocenters. The number of hydrogen-bond donors (Lipinski definition) is 0. The van der Waals surface area contributed by atoms with Crippen molar-refractivity contribution in [3.05, 3.63) is 66.1 Å². The Bertz CT molecular complexity index is 758. The zero-order chi connectivity index (χ0) is 16.3. The maximum atomic E-state index is 5.77. The van der Waals surface area contributed by atoms with Crippen LogP contribution in [0, 0.1) is 0 Å². The molecule has 3 nitrogen and oxygen atoms in total. The Morgan fingerprint density at radius 2 is 1.61 bits per heavy atom. The minimum absolute atomic E-state index is 0.144. The van der Waals surface area contributed by atoms with Crippen LogP contribution in [0.5, 0.6) is 0 Å². The molecular weight excluding hydrogens is 304 g/mol. The van der Waals surface area contributed by atoms with Crippen molar-refractivity contribution in [1.29, 1.82) is 0 Å². The van der Waals surface area contributed by atoms with Gasteiger partial charge in [0.15, 0.2) is 0 Å². The summed E-state index contributed by atoms with van der Waals surface area (Å²) in [5.74, 6) is 1.90. The zero-order valence-corrected chi connectivity index (χ0v) is 14.4. The Kier molecular flexibility index (Phi) is 4.53. The maximum absolute atomic E-state index is 5.77. The van der Waals surface area contributed by atoms with Gasteiger partial charge in [-0.05, 0) is 35.2 Å². The number of benzene rings is 2. The van der Waals surface area contributed by atoms with E-state index < -0.39 is 0 Å². The average molecular weight is 324 g/mol. The molecule has 3 rings (SSSR count). The molecule has 118 valence electrons. The van der Waals surface area contributed by atoms with E-state index in [2.05, 4.69) is 55.2 Å². The third-order valence-electron chi connectivity index (χ3n) is 3.57. The second-order valence-corrected chi connectivity index (χ2v) is 7.48. The van der Waals surface area contributed by atoms with Crippen LogP contribution in [0.15, 0.2) is 63.9 Å². The van der Waals surface area contributed by atoms with E-state index in [-0.39, 0.29) is 5.41 Å². The van der Waals surface area contributed by atoms with Crippen LogP contribution in [-0.2, 0) is 11.2 Å². The first-order valence-electron chi connectivity index (χ1n) is 7.63. The van der Waals surface area contributed by atoms with E-state index in [1.807, 2.05) is 30.3 Å². The number of nitrogens with zero attached hydrogens (tertiary/aromatic N) is 2. The molecule has 0 unspecified atom stereocenters. The van der Waals surface area contributed by atoms with Crippen molar-refractivity contribution in [1.82, 2.24) is 10.2 Å². The Morgan fingerprint density at radius 3 is 2.26 bits per heavy atom. The summed E-state index contributed by atoms with van der Waals surface area (Å²) in [6, 6.07) is 18.5. The van der Waals surface area contributed by atoms with E-state index >= 15 is 0 Å². The lowest BCUT2D eigenvalue weighted by molar-refractivity contribution is 0.528. The number of rotatable bonds is 4. The Morgan fingerprint density at radius 1 is 0.913 bits per heavy atom. The highest BCUT2D eigenvalue weighted by molar-refractivity contribution is 7.98. The SMILES string of the molecule is CC(C)(C)c1ccc(-c2nnc(CSc3ccccc3)o2)cc1. The van der Waals surface area contributed by atoms with Gasteiger partial charge in [-0.1, -0.05) is 51.1 Å². The van der Waals surface area contributed by atoms with Crippen molar-refractivity contribution in [3.63, 3.8) is 0 Å². The summed E-state index contributed by atoms with van der Waals surface area (Å²) in [7, 11) is 0. The largest absolute Gasteiger partial charge is 0.420 e. The van der Waals surface area contributed by atoms with Crippen molar-refractivity contribution in [2.45, 2.75) is 36.8 Å². The van der Waals surface area contributed by atoms with Gasteiger partial charge in [-0.3, -0.25) is 0 Å². The van der Waals surface area contributed by atoms with Crippen molar-refractivity contribution in [2.24, 2.45) is 0 Å². The van der Waals surface area contributed by atoms with Crippen LogP contribution in [0.1, 0.15) is 32.2 Å².